The standard InChI is InChI=1S/C23H26F5N5O3S/c1-3-15(23(26,27)28)31-16-7-11(19(24)25)12(9-29-16)18-17(22(36)33-6-4-5-10(33)2)32-21(37-18)20(35)30-13-8-14(13)34/h7,9-10,13-15,19,34H,3-6,8H2,1-2H3,(H,29,31)(H,30,35)/t10-,13+,14+,15?/m0/s1. The third kappa shape index (κ3) is 5.84. The molecule has 2 amide bonds. The molecule has 2 aromatic heterocycles. The van der Waals surface area contributed by atoms with Crippen molar-refractivity contribution in [3.05, 3.63) is 28.5 Å². The van der Waals surface area contributed by atoms with E-state index in [4.69, 9.17) is 0 Å². The Morgan fingerprint density at radius 1 is 1.32 bits per heavy atom. The van der Waals surface area contributed by atoms with Crippen LogP contribution in [0.5, 0.6) is 0 Å². The number of nitrogens with zero attached hydrogens (tertiary/aromatic N) is 3. The van der Waals surface area contributed by atoms with Gasteiger partial charge in [0.05, 0.1) is 17.0 Å². The van der Waals surface area contributed by atoms with E-state index in [9.17, 15) is 36.6 Å². The number of likely N-dealkylation sites (tertiary alicyclic amines) is 1. The summed E-state index contributed by atoms with van der Waals surface area (Å²) in [4.78, 5) is 35.7. The van der Waals surface area contributed by atoms with Gasteiger partial charge < -0.3 is 20.6 Å². The number of carbonyl (C=O) groups is 2. The molecule has 1 saturated heterocycles. The van der Waals surface area contributed by atoms with Crippen LogP contribution in [0.1, 0.15) is 71.8 Å². The maximum atomic E-state index is 14.1. The third-order valence-corrected chi connectivity index (χ3v) is 7.54. The number of nitrogens with one attached hydrogen (secondary N) is 2. The van der Waals surface area contributed by atoms with Gasteiger partial charge in [0.15, 0.2) is 5.01 Å². The van der Waals surface area contributed by atoms with E-state index in [2.05, 4.69) is 20.6 Å². The summed E-state index contributed by atoms with van der Waals surface area (Å²) in [5.74, 6) is -1.59. The summed E-state index contributed by atoms with van der Waals surface area (Å²) >= 11 is 0.714. The molecule has 1 saturated carbocycles. The second-order valence-electron chi connectivity index (χ2n) is 9.17. The number of carbonyl (C=O) groups excluding carboxylic acids is 2. The van der Waals surface area contributed by atoms with Crippen LogP contribution in [0, 0.1) is 0 Å². The van der Waals surface area contributed by atoms with E-state index in [-0.39, 0.29) is 33.6 Å². The molecule has 0 radical (unpaired) electrons. The van der Waals surface area contributed by atoms with Gasteiger partial charge in [0.25, 0.3) is 18.2 Å². The molecule has 4 atom stereocenters. The van der Waals surface area contributed by atoms with Gasteiger partial charge in [-0.1, -0.05) is 6.92 Å². The summed E-state index contributed by atoms with van der Waals surface area (Å²) in [6, 6.07) is -1.74. The van der Waals surface area contributed by atoms with E-state index in [1.165, 1.54) is 6.92 Å². The minimum Gasteiger partial charge on any atom is -0.391 e. The molecule has 1 unspecified atom stereocenters. The molecule has 2 aromatic rings. The highest BCUT2D eigenvalue weighted by Gasteiger charge is 2.40. The molecule has 3 N–H and O–H groups in total. The van der Waals surface area contributed by atoms with Gasteiger partial charge in [-0.2, -0.15) is 13.2 Å². The molecular weight excluding hydrogens is 521 g/mol. The van der Waals surface area contributed by atoms with Crippen LogP contribution in [0.15, 0.2) is 12.3 Å². The lowest BCUT2D eigenvalue weighted by molar-refractivity contribution is -0.142. The Morgan fingerprint density at radius 2 is 2.03 bits per heavy atom. The van der Waals surface area contributed by atoms with Crippen molar-refractivity contribution in [2.75, 3.05) is 11.9 Å². The molecule has 1 aliphatic carbocycles. The van der Waals surface area contributed by atoms with Crippen molar-refractivity contribution >= 4 is 29.0 Å². The van der Waals surface area contributed by atoms with E-state index in [1.54, 1.807) is 4.90 Å². The van der Waals surface area contributed by atoms with Gasteiger partial charge in [0.2, 0.25) is 0 Å². The van der Waals surface area contributed by atoms with Crippen LogP contribution in [-0.4, -0.2) is 68.7 Å². The molecule has 4 rings (SSSR count). The fraction of sp³-hybridized carbons (Fsp3) is 0.565. The first-order chi connectivity index (χ1) is 17.4. The number of thiazole rings is 1. The van der Waals surface area contributed by atoms with E-state index >= 15 is 0 Å². The normalized spacial score (nSPS) is 22.3. The zero-order valence-electron chi connectivity index (χ0n) is 20.0. The molecule has 3 heterocycles. The van der Waals surface area contributed by atoms with Crippen LogP contribution < -0.4 is 10.6 Å². The Morgan fingerprint density at radius 3 is 2.57 bits per heavy atom. The largest absolute Gasteiger partial charge is 0.408 e. The smallest absolute Gasteiger partial charge is 0.391 e. The van der Waals surface area contributed by atoms with E-state index in [0.29, 0.717) is 24.3 Å². The Bertz CT molecular complexity index is 1170. The molecule has 1 aliphatic heterocycles. The molecule has 0 bridgehead atoms. The fourth-order valence-corrected chi connectivity index (χ4v) is 5.19. The number of alkyl halides is 5. The first-order valence-electron chi connectivity index (χ1n) is 11.8. The summed E-state index contributed by atoms with van der Waals surface area (Å²) < 4.78 is 67.8. The number of anilines is 1. The number of aromatic nitrogens is 2. The SMILES string of the molecule is CCC(Nc1cc(C(F)F)c(-c2sc(C(=O)N[C@@H]3C[C@H]3O)nc2C(=O)N2CCC[C@@H]2C)cn1)C(F)(F)F. The van der Waals surface area contributed by atoms with E-state index < -0.39 is 54.0 Å². The van der Waals surface area contributed by atoms with Gasteiger partial charge >= 0.3 is 6.18 Å². The molecule has 8 nitrogen and oxygen atoms in total. The lowest BCUT2D eigenvalue weighted by Gasteiger charge is -2.22. The van der Waals surface area contributed by atoms with Crippen molar-refractivity contribution in [2.45, 2.75) is 76.4 Å². The number of hydrogen-bond acceptors (Lipinski definition) is 7. The van der Waals surface area contributed by atoms with Gasteiger partial charge in [-0.25, -0.2) is 18.7 Å². The maximum absolute atomic E-state index is 14.1. The van der Waals surface area contributed by atoms with E-state index in [0.717, 1.165) is 25.1 Å². The van der Waals surface area contributed by atoms with Gasteiger partial charge in [0.1, 0.15) is 17.6 Å². The van der Waals surface area contributed by atoms with Crippen LogP contribution in [0.25, 0.3) is 10.4 Å². The first kappa shape index (κ1) is 27.2. The molecule has 2 fully saturated rings. The number of rotatable bonds is 8. The van der Waals surface area contributed by atoms with Crippen molar-refractivity contribution in [2.24, 2.45) is 0 Å². The third-order valence-electron chi connectivity index (χ3n) is 6.45. The number of hydrogen-bond donors (Lipinski definition) is 3. The predicted molar refractivity (Wildman–Crippen MR) is 126 cm³/mol. The average molecular weight is 548 g/mol. The quantitative estimate of drug-likeness (QED) is 0.424. The summed E-state index contributed by atoms with van der Waals surface area (Å²) in [5, 5.41) is 14.1. The number of halogens is 5. The monoisotopic (exact) mass is 547 g/mol. The van der Waals surface area contributed by atoms with Crippen LogP contribution in [-0.2, 0) is 0 Å². The summed E-state index contributed by atoms with van der Waals surface area (Å²) in [5.41, 5.74) is -1.04. The van der Waals surface area contributed by atoms with Gasteiger partial charge in [0, 0.05) is 29.9 Å². The number of aliphatic hydroxyl groups is 1. The highest BCUT2D eigenvalue weighted by molar-refractivity contribution is 7.17. The van der Waals surface area contributed by atoms with Crippen LogP contribution in [0.4, 0.5) is 27.8 Å². The van der Waals surface area contributed by atoms with E-state index in [1.807, 2.05) is 6.92 Å². The summed E-state index contributed by atoms with van der Waals surface area (Å²) in [6.07, 6.45) is -5.91. The molecular formula is C23H26F5N5O3S. The van der Waals surface area contributed by atoms with Crippen LogP contribution >= 0.6 is 11.3 Å². The number of aliphatic hydroxyl groups excluding tert-OH is 1. The van der Waals surface area contributed by atoms with Gasteiger partial charge in [-0.05, 0) is 38.7 Å². The average Bonchev–Trinajstić information content (AvgIpc) is 3.20. The fourth-order valence-electron chi connectivity index (χ4n) is 4.20. The molecule has 37 heavy (non-hydrogen) atoms. The highest BCUT2D eigenvalue weighted by Crippen LogP contribution is 2.39. The predicted octanol–water partition coefficient (Wildman–Crippen LogP) is 4.38. The first-order valence-corrected chi connectivity index (χ1v) is 12.6. The highest BCUT2D eigenvalue weighted by atomic mass is 32.1. The minimum absolute atomic E-state index is 0.0252. The lowest BCUT2D eigenvalue weighted by Crippen LogP contribution is -2.35. The van der Waals surface area contributed by atoms with Crippen molar-refractivity contribution in [1.29, 1.82) is 0 Å². The Hall–Kier alpha value is -2.87. The summed E-state index contributed by atoms with van der Waals surface area (Å²) in [6.45, 7) is 3.58. The minimum atomic E-state index is -4.61. The Kier molecular flexibility index (Phi) is 7.70. The number of pyridine rings is 1. The van der Waals surface area contributed by atoms with Crippen LogP contribution in [0.2, 0.25) is 0 Å². The van der Waals surface area contributed by atoms with Gasteiger partial charge in [-0.3, -0.25) is 9.59 Å². The Labute approximate surface area is 213 Å². The number of amides is 2. The van der Waals surface area contributed by atoms with Gasteiger partial charge in [-0.15, -0.1) is 11.3 Å². The zero-order valence-corrected chi connectivity index (χ0v) is 20.8. The second-order valence-corrected chi connectivity index (χ2v) is 10.2. The molecule has 0 aromatic carbocycles. The zero-order chi connectivity index (χ0) is 27.1. The molecule has 2 aliphatic rings. The maximum Gasteiger partial charge on any atom is 0.408 e. The van der Waals surface area contributed by atoms with Crippen molar-refractivity contribution < 1.29 is 36.6 Å². The van der Waals surface area contributed by atoms with Crippen molar-refractivity contribution in [3.8, 4) is 10.4 Å². The molecule has 202 valence electrons. The topological polar surface area (TPSA) is 107 Å². The second kappa shape index (κ2) is 10.5. The molecule has 0 spiro atoms. The van der Waals surface area contributed by atoms with Crippen LogP contribution in [0.3, 0.4) is 0 Å². The lowest BCUT2D eigenvalue weighted by atomic mass is 10.1. The Balaban J connectivity index is 1.75. The van der Waals surface area contributed by atoms with Crippen molar-refractivity contribution in [3.63, 3.8) is 0 Å². The summed E-state index contributed by atoms with van der Waals surface area (Å²) in [7, 11) is 0. The molecule has 14 heteroatoms. The van der Waals surface area contributed by atoms with Crippen molar-refractivity contribution in [1.82, 2.24) is 20.2 Å².